The zero-order valence-corrected chi connectivity index (χ0v) is 13.5. The van der Waals surface area contributed by atoms with Crippen LogP contribution in [0.5, 0.6) is 0 Å². The van der Waals surface area contributed by atoms with E-state index in [1.165, 1.54) is 0 Å². The maximum absolute atomic E-state index is 13.8. The molecule has 2 nitrogen and oxygen atoms in total. The number of carbonyl (C=O) groups excluding carboxylic acids is 1. The normalized spacial score (nSPS) is 12.3. The fraction of sp³-hybridized carbons (Fsp3) is 0.417. The Morgan fingerprint density at radius 3 is 2.25 bits per heavy atom. The Kier molecular flexibility index (Phi) is 5.60. The third-order valence-electron chi connectivity index (χ3n) is 2.55. The molecule has 0 aliphatic heterocycles. The van der Waals surface area contributed by atoms with Gasteiger partial charge in [0, 0.05) is 10.7 Å². The second-order valence-corrected chi connectivity index (χ2v) is 5.57. The van der Waals surface area contributed by atoms with Crippen molar-refractivity contribution in [1.29, 1.82) is 0 Å². The lowest BCUT2D eigenvalue weighted by molar-refractivity contribution is -0.140. The van der Waals surface area contributed by atoms with Gasteiger partial charge in [0.25, 0.3) is 5.91 Å². The first-order valence-electron chi connectivity index (χ1n) is 5.45. The summed E-state index contributed by atoms with van der Waals surface area (Å²) in [5, 5.41) is 3.21. The van der Waals surface area contributed by atoms with Gasteiger partial charge < -0.3 is 5.32 Å². The minimum Gasteiger partial charge on any atom is -0.345 e. The number of carbonyl (C=O) groups is 1. The number of alkyl halides is 5. The molecule has 0 heterocycles. The molecule has 0 spiro atoms. The van der Waals surface area contributed by atoms with Crippen molar-refractivity contribution in [1.82, 2.24) is 5.32 Å². The molecule has 0 saturated heterocycles. The van der Waals surface area contributed by atoms with Crippen molar-refractivity contribution >= 4 is 37.8 Å². The number of rotatable bonds is 4. The maximum Gasteiger partial charge on any atom is 0.419 e. The van der Waals surface area contributed by atoms with Crippen molar-refractivity contribution in [3.05, 3.63) is 35.1 Å². The second-order valence-electron chi connectivity index (χ2n) is 4.45. The van der Waals surface area contributed by atoms with Gasteiger partial charge in [0.15, 0.2) is 0 Å². The number of hydrogen-bond donors (Lipinski definition) is 1. The minimum atomic E-state index is -4.84. The van der Waals surface area contributed by atoms with Crippen LogP contribution in [0, 0.1) is 5.82 Å². The van der Waals surface area contributed by atoms with Crippen molar-refractivity contribution in [2.75, 3.05) is 10.7 Å². The summed E-state index contributed by atoms with van der Waals surface area (Å²) in [7, 11) is 0. The monoisotopic (exact) mass is 419 g/mol. The van der Waals surface area contributed by atoms with Crippen molar-refractivity contribution in [3.8, 4) is 0 Å². The second kappa shape index (κ2) is 6.43. The average molecular weight is 421 g/mol. The molecule has 0 aromatic heterocycles. The van der Waals surface area contributed by atoms with E-state index in [1.54, 1.807) is 6.92 Å². The van der Waals surface area contributed by atoms with Gasteiger partial charge in [0.1, 0.15) is 5.82 Å². The van der Waals surface area contributed by atoms with Crippen LogP contribution in [0.25, 0.3) is 0 Å². The zero-order valence-electron chi connectivity index (χ0n) is 10.3. The van der Waals surface area contributed by atoms with Gasteiger partial charge in [-0.15, -0.1) is 0 Å². The van der Waals surface area contributed by atoms with E-state index < -0.39 is 34.6 Å². The molecule has 0 aliphatic rings. The molecule has 0 fully saturated rings. The predicted molar refractivity (Wildman–Crippen MR) is 74.9 cm³/mol. The topological polar surface area (TPSA) is 29.1 Å². The van der Waals surface area contributed by atoms with E-state index in [-0.39, 0.29) is 0 Å². The van der Waals surface area contributed by atoms with E-state index in [2.05, 4.69) is 37.2 Å². The maximum atomic E-state index is 13.8. The summed E-state index contributed by atoms with van der Waals surface area (Å²) >= 11 is 6.36. The predicted octanol–water partition coefficient (Wildman–Crippen LogP) is 4.12. The van der Waals surface area contributed by atoms with E-state index in [0.717, 1.165) is 12.1 Å². The highest BCUT2D eigenvalue weighted by Gasteiger charge is 2.36. The van der Waals surface area contributed by atoms with Crippen LogP contribution >= 0.6 is 31.9 Å². The smallest absolute Gasteiger partial charge is 0.345 e. The number of hydrogen-bond acceptors (Lipinski definition) is 1. The molecule has 1 amide bonds. The van der Waals surface area contributed by atoms with Crippen LogP contribution in [0.3, 0.4) is 0 Å². The lowest BCUT2D eigenvalue weighted by Crippen LogP contribution is -2.49. The molecule has 112 valence electrons. The molecule has 20 heavy (non-hydrogen) atoms. The lowest BCUT2D eigenvalue weighted by Gasteiger charge is -2.26. The van der Waals surface area contributed by atoms with Crippen LogP contribution < -0.4 is 5.32 Å². The third-order valence-corrected chi connectivity index (χ3v) is 5.03. The molecular formula is C12H11Br2F4NO. The Balaban J connectivity index is 3.13. The van der Waals surface area contributed by atoms with Crippen molar-refractivity contribution < 1.29 is 22.4 Å². The van der Waals surface area contributed by atoms with E-state index in [1.807, 2.05) is 0 Å². The SMILES string of the molecule is CC(CBr)(CBr)NC(=O)c1cccc(C(F)(F)F)c1F. The van der Waals surface area contributed by atoms with E-state index in [0.29, 0.717) is 16.7 Å². The molecule has 1 aromatic carbocycles. The van der Waals surface area contributed by atoms with Crippen LogP contribution in [0.1, 0.15) is 22.8 Å². The fourth-order valence-corrected chi connectivity index (χ4v) is 2.58. The third kappa shape index (κ3) is 3.94. The molecule has 0 aliphatic carbocycles. The van der Waals surface area contributed by atoms with Crippen molar-refractivity contribution in [3.63, 3.8) is 0 Å². The van der Waals surface area contributed by atoms with E-state index >= 15 is 0 Å². The average Bonchev–Trinajstić information content (AvgIpc) is 2.37. The summed E-state index contributed by atoms with van der Waals surface area (Å²) in [6.45, 7) is 1.67. The molecule has 0 radical (unpaired) electrons. The summed E-state index contributed by atoms with van der Waals surface area (Å²) in [6, 6.07) is 2.61. The molecule has 0 atom stereocenters. The van der Waals surface area contributed by atoms with E-state index in [9.17, 15) is 22.4 Å². The first-order valence-corrected chi connectivity index (χ1v) is 7.69. The van der Waals surface area contributed by atoms with Gasteiger partial charge >= 0.3 is 6.18 Å². The molecule has 8 heteroatoms. The Hall–Kier alpha value is -0.630. The largest absolute Gasteiger partial charge is 0.419 e. The molecule has 1 rings (SSSR count). The van der Waals surface area contributed by atoms with Gasteiger partial charge in [-0.3, -0.25) is 4.79 Å². The van der Waals surface area contributed by atoms with Gasteiger partial charge in [-0.05, 0) is 19.1 Å². The standard InChI is InChI=1S/C12H11Br2F4NO/c1-11(5-13,6-14)19-10(20)7-3-2-4-8(9(7)15)12(16,17)18/h2-4H,5-6H2,1H3,(H,19,20). The lowest BCUT2D eigenvalue weighted by atomic mass is 10.1. The highest BCUT2D eigenvalue weighted by Crippen LogP contribution is 2.32. The zero-order chi connectivity index (χ0) is 15.6. The van der Waals surface area contributed by atoms with E-state index in [4.69, 9.17) is 0 Å². The minimum absolute atomic E-state index is 0.359. The molecule has 0 unspecified atom stereocenters. The number of benzene rings is 1. The van der Waals surface area contributed by atoms with Crippen LogP contribution in [0.15, 0.2) is 18.2 Å². The summed E-state index contributed by atoms with van der Waals surface area (Å²) in [5.74, 6) is -2.46. The number of halogens is 6. The van der Waals surface area contributed by atoms with Gasteiger partial charge in [0.05, 0.1) is 16.7 Å². The van der Waals surface area contributed by atoms with Crippen LogP contribution in [-0.4, -0.2) is 22.1 Å². The molecule has 1 aromatic rings. The van der Waals surface area contributed by atoms with Gasteiger partial charge in [-0.25, -0.2) is 4.39 Å². The highest BCUT2D eigenvalue weighted by molar-refractivity contribution is 9.09. The van der Waals surface area contributed by atoms with Crippen molar-refractivity contribution in [2.24, 2.45) is 0 Å². The summed E-state index contributed by atoms with van der Waals surface area (Å²) < 4.78 is 51.5. The molecule has 1 N–H and O–H groups in total. The van der Waals surface area contributed by atoms with Crippen molar-refractivity contribution in [2.45, 2.75) is 18.6 Å². The molecule has 0 saturated carbocycles. The first-order chi connectivity index (χ1) is 9.14. The molecular weight excluding hydrogens is 410 g/mol. The van der Waals surface area contributed by atoms with Crippen LogP contribution in [-0.2, 0) is 6.18 Å². The van der Waals surface area contributed by atoms with Crippen LogP contribution in [0.2, 0.25) is 0 Å². The van der Waals surface area contributed by atoms with Gasteiger partial charge in [-0.1, -0.05) is 37.9 Å². The Bertz CT molecular complexity index is 501. The number of amides is 1. The van der Waals surface area contributed by atoms with Gasteiger partial charge in [0.2, 0.25) is 0 Å². The Morgan fingerprint density at radius 1 is 1.25 bits per heavy atom. The van der Waals surface area contributed by atoms with Crippen LogP contribution in [0.4, 0.5) is 17.6 Å². The fourth-order valence-electron chi connectivity index (χ4n) is 1.37. The van der Waals surface area contributed by atoms with Gasteiger partial charge in [-0.2, -0.15) is 13.2 Å². The Labute approximate surface area is 130 Å². The molecule has 0 bridgehead atoms. The first kappa shape index (κ1) is 17.4. The quantitative estimate of drug-likeness (QED) is 0.576. The summed E-state index contributed by atoms with van der Waals surface area (Å²) in [6.07, 6.45) is -4.84. The summed E-state index contributed by atoms with van der Waals surface area (Å²) in [4.78, 5) is 11.9. The summed E-state index contributed by atoms with van der Waals surface area (Å²) in [5.41, 5.74) is -2.82. The highest BCUT2D eigenvalue weighted by atomic mass is 79.9. The number of nitrogens with one attached hydrogen (secondary N) is 1. The Morgan fingerprint density at radius 2 is 1.80 bits per heavy atom.